The van der Waals surface area contributed by atoms with Crippen molar-refractivity contribution < 1.29 is 0 Å². The van der Waals surface area contributed by atoms with Gasteiger partial charge in [0.25, 0.3) is 0 Å². The third kappa shape index (κ3) is 3.21. The van der Waals surface area contributed by atoms with Crippen molar-refractivity contribution in [2.75, 3.05) is 0 Å². The molecule has 0 aliphatic carbocycles. The first-order valence-electron chi connectivity index (χ1n) is 6.87. The molecule has 0 aliphatic heterocycles. The van der Waals surface area contributed by atoms with Crippen molar-refractivity contribution >= 4 is 15.9 Å². The molecule has 1 atom stereocenters. The van der Waals surface area contributed by atoms with Gasteiger partial charge in [-0.25, -0.2) is 9.67 Å². The molecule has 0 saturated carbocycles. The standard InChI is InChI=1S/C15H16BrN5/c1-2-14(16)15-10-21(19-18-15)9-12-3-5-13(6-4-12)20-8-7-17-11-20/h3-8,10-11,14H,2,9H2,1H3. The zero-order chi connectivity index (χ0) is 14.7. The van der Waals surface area contributed by atoms with E-state index in [1.54, 1.807) is 12.5 Å². The Morgan fingerprint density at radius 3 is 2.71 bits per heavy atom. The van der Waals surface area contributed by atoms with Crippen molar-refractivity contribution in [1.29, 1.82) is 0 Å². The lowest BCUT2D eigenvalue weighted by Gasteiger charge is -2.05. The molecule has 3 aromatic rings. The lowest BCUT2D eigenvalue weighted by molar-refractivity contribution is 0.649. The molecule has 0 fully saturated rings. The quantitative estimate of drug-likeness (QED) is 0.666. The van der Waals surface area contributed by atoms with Crippen LogP contribution in [0.2, 0.25) is 0 Å². The van der Waals surface area contributed by atoms with Gasteiger partial charge in [-0.1, -0.05) is 40.2 Å². The molecule has 0 spiro atoms. The fraction of sp³-hybridized carbons (Fsp3) is 0.267. The van der Waals surface area contributed by atoms with Crippen molar-refractivity contribution in [3.8, 4) is 5.69 Å². The number of nitrogens with zero attached hydrogens (tertiary/aromatic N) is 5. The first-order chi connectivity index (χ1) is 10.3. The number of hydrogen-bond acceptors (Lipinski definition) is 3. The van der Waals surface area contributed by atoms with Gasteiger partial charge in [0.05, 0.1) is 23.4 Å². The Morgan fingerprint density at radius 1 is 1.24 bits per heavy atom. The third-order valence-corrected chi connectivity index (χ3v) is 4.44. The van der Waals surface area contributed by atoms with Crippen molar-refractivity contribution in [2.24, 2.45) is 0 Å². The second kappa shape index (κ2) is 6.22. The van der Waals surface area contributed by atoms with Crippen LogP contribution in [0, 0.1) is 0 Å². The van der Waals surface area contributed by atoms with Crippen LogP contribution in [0.4, 0.5) is 0 Å². The molecule has 3 rings (SSSR count). The Kier molecular flexibility index (Phi) is 4.15. The van der Waals surface area contributed by atoms with Crippen LogP contribution in [0.3, 0.4) is 0 Å². The van der Waals surface area contributed by atoms with Crippen molar-refractivity contribution in [1.82, 2.24) is 24.5 Å². The topological polar surface area (TPSA) is 48.5 Å². The second-order valence-electron chi connectivity index (χ2n) is 4.85. The molecular weight excluding hydrogens is 330 g/mol. The predicted molar refractivity (Wildman–Crippen MR) is 84.6 cm³/mol. The molecule has 6 heteroatoms. The first kappa shape index (κ1) is 14.0. The van der Waals surface area contributed by atoms with Crippen LogP contribution in [0.15, 0.2) is 49.2 Å². The van der Waals surface area contributed by atoms with Crippen LogP contribution < -0.4 is 0 Å². The zero-order valence-electron chi connectivity index (χ0n) is 11.7. The number of aromatic nitrogens is 5. The molecule has 108 valence electrons. The molecule has 21 heavy (non-hydrogen) atoms. The van der Waals surface area contributed by atoms with Gasteiger partial charge in [0.1, 0.15) is 0 Å². The van der Waals surface area contributed by atoms with Gasteiger partial charge < -0.3 is 4.57 Å². The van der Waals surface area contributed by atoms with Crippen molar-refractivity contribution in [3.63, 3.8) is 0 Å². The van der Waals surface area contributed by atoms with E-state index >= 15 is 0 Å². The summed E-state index contributed by atoms with van der Waals surface area (Å²) in [7, 11) is 0. The molecular formula is C15H16BrN5. The fourth-order valence-corrected chi connectivity index (χ4v) is 2.33. The fourth-order valence-electron chi connectivity index (χ4n) is 2.12. The number of alkyl halides is 1. The Morgan fingerprint density at radius 2 is 2.05 bits per heavy atom. The summed E-state index contributed by atoms with van der Waals surface area (Å²) in [6, 6.07) is 8.35. The molecule has 5 nitrogen and oxygen atoms in total. The van der Waals surface area contributed by atoms with Crippen LogP contribution in [-0.2, 0) is 6.54 Å². The van der Waals surface area contributed by atoms with E-state index in [-0.39, 0.29) is 4.83 Å². The predicted octanol–water partition coefficient (Wildman–Crippen LogP) is 3.36. The van der Waals surface area contributed by atoms with E-state index in [9.17, 15) is 0 Å². The van der Waals surface area contributed by atoms with Crippen LogP contribution in [-0.4, -0.2) is 24.5 Å². The normalized spacial score (nSPS) is 12.5. The molecule has 1 unspecified atom stereocenters. The summed E-state index contributed by atoms with van der Waals surface area (Å²) in [6.45, 7) is 2.84. The SMILES string of the molecule is CCC(Br)c1cn(Cc2ccc(-n3ccnc3)cc2)nn1. The van der Waals surface area contributed by atoms with E-state index in [0.29, 0.717) is 0 Å². The maximum atomic E-state index is 4.20. The summed E-state index contributed by atoms with van der Waals surface area (Å²) in [4.78, 5) is 4.33. The highest BCUT2D eigenvalue weighted by Crippen LogP contribution is 2.23. The van der Waals surface area contributed by atoms with E-state index in [4.69, 9.17) is 0 Å². The van der Waals surface area contributed by atoms with Gasteiger partial charge in [-0.3, -0.25) is 0 Å². The molecule has 2 aromatic heterocycles. The van der Waals surface area contributed by atoms with Crippen LogP contribution in [0.1, 0.15) is 29.4 Å². The second-order valence-corrected chi connectivity index (χ2v) is 5.96. The van der Waals surface area contributed by atoms with Crippen LogP contribution in [0.25, 0.3) is 5.69 Å². The highest BCUT2D eigenvalue weighted by Gasteiger charge is 2.09. The number of imidazole rings is 1. The lowest BCUT2D eigenvalue weighted by atomic mass is 10.2. The van der Waals surface area contributed by atoms with Crippen LogP contribution >= 0.6 is 15.9 Å². The largest absolute Gasteiger partial charge is 0.306 e. The summed E-state index contributed by atoms with van der Waals surface area (Å²) in [6.07, 6.45) is 8.49. The van der Waals surface area contributed by atoms with E-state index < -0.39 is 0 Å². The Bertz CT molecular complexity index is 687. The maximum Gasteiger partial charge on any atom is 0.0991 e. The number of hydrogen-bond donors (Lipinski definition) is 0. The first-order valence-corrected chi connectivity index (χ1v) is 7.79. The Hall–Kier alpha value is -1.95. The summed E-state index contributed by atoms with van der Waals surface area (Å²) >= 11 is 3.59. The van der Waals surface area contributed by atoms with Crippen molar-refractivity contribution in [2.45, 2.75) is 24.7 Å². The molecule has 0 aliphatic rings. The van der Waals surface area contributed by atoms with Gasteiger partial charge in [0, 0.05) is 24.3 Å². The van der Waals surface area contributed by atoms with Crippen LogP contribution in [0.5, 0.6) is 0 Å². The third-order valence-electron chi connectivity index (χ3n) is 3.32. The molecule has 2 heterocycles. The molecule has 0 N–H and O–H groups in total. The van der Waals surface area contributed by atoms with E-state index in [1.807, 2.05) is 21.6 Å². The van der Waals surface area contributed by atoms with Gasteiger partial charge in [0.15, 0.2) is 0 Å². The monoisotopic (exact) mass is 345 g/mol. The smallest absolute Gasteiger partial charge is 0.0991 e. The minimum atomic E-state index is 0.273. The lowest BCUT2D eigenvalue weighted by Crippen LogP contribution is -2.00. The molecule has 0 radical (unpaired) electrons. The molecule has 0 bridgehead atoms. The van der Waals surface area contributed by atoms with Crippen molar-refractivity contribution in [3.05, 3.63) is 60.4 Å². The van der Waals surface area contributed by atoms with Gasteiger partial charge in [0.2, 0.25) is 0 Å². The molecule has 1 aromatic carbocycles. The van der Waals surface area contributed by atoms with Gasteiger partial charge in [-0.15, -0.1) is 5.10 Å². The average molecular weight is 346 g/mol. The summed E-state index contributed by atoms with van der Waals surface area (Å²) < 4.78 is 3.85. The minimum Gasteiger partial charge on any atom is -0.306 e. The Labute approximate surface area is 131 Å². The van der Waals surface area contributed by atoms with Gasteiger partial charge >= 0.3 is 0 Å². The van der Waals surface area contributed by atoms with E-state index in [1.165, 1.54) is 5.56 Å². The summed E-state index contributed by atoms with van der Waals surface area (Å²) in [5.74, 6) is 0. The zero-order valence-corrected chi connectivity index (χ0v) is 13.3. The maximum absolute atomic E-state index is 4.20. The minimum absolute atomic E-state index is 0.273. The summed E-state index contributed by atoms with van der Waals surface area (Å²) in [5, 5.41) is 8.37. The highest BCUT2D eigenvalue weighted by atomic mass is 79.9. The number of benzene rings is 1. The summed E-state index contributed by atoms with van der Waals surface area (Å²) in [5.41, 5.74) is 3.27. The average Bonchev–Trinajstić information content (AvgIpc) is 3.18. The van der Waals surface area contributed by atoms with Gasteiger partial charge in [-0.2, -0.15) is 0 Å². The van der Waals surface area contributed by atoms with E-state index in [2.05, 4.69) is 62.4 Å². The molecule has 0 saturated heterocycles. The number of rotatable bonds is 5. The number of halogens is 1. The Balaban J connectivity index is 1.72. The molecule has 0 amide bonds. The highest BCUT2D eigenvalue weighted by molar-refractivity contribution is 9.09. The van der Waals surface area contributed by atoms with Gasteiger partial charge in [-0.05, 0) is 24.1 Å². The van der Waals surface area contributed by atoms with E-state index in [0.717, 1.165) is 24.3 Å².